The molecule has 128 valence electrons. The summed E-state index contributed by atoms with van der Waals surface area (Å²) in [6.45, 7) is 13.6. The lowest BCUT2D eigenvalue weighted by Gasteiger charge is -2.53. The van der Waals surface area contributed by atoms with Crippen LogP contribution < -0.4 is 0 Å². The molecule has 2 heterocycles. The van der Waals surface area contributed by atoms with Crippen molar-refractivity contribution in [2.75, 3.05) is 32.8 Å². The maximum Gasteiger partial charge on any atom is 0.0644 e. The van der Waals surface area contributed by atoms with Crippen LogP contribution in [0.15, 0.2) is 30.3 Å². The van der Waals surface area contributed by atoms with Crippen LogP contribution in [0.1, 0.15) is 45.6 Å². The fourth-order valence-corrected chi connectivity index (χ4v) is 4.47. The van der Waals surface area contributed by atoms with Crippen LogP contribution in [0, 0.1) is 0 Å². The Balaban J connectivity index is 1.59. The van der Waals surface area contributed by atoms with Gasteiger partial charge in [0.1, 0.15) is 0 Å². The van der Waals surface area contributed by atoms with Crippen LogP contribution in [0.4, 0.5) is 0 Å². The van der Waals surface area contributed by atoms with Gasteiger partial charge in [-0.2, -0.15) is 0 Å². The van der Waals surface area contributed by atoms with Gasteiger partial charge in [0.15, 0.2) is 0 Å². The second-order valence-corrected chi connectivity index (χ2v) is 7.86. The SMILES string of the molecule is CCC1(N2CCN(Cc3ccccc3)CC2)CCOC(C)(C)C1. The summed E-state index contributed by atoms with van der Waals surface area (Å²) in [4.78, 5) is 5.36. The van der Waals surface area contributed by atoms with E-state index < -0.39 is 0 Å². The number of ether oxygens (including phenoxy) is 1. The molecule has 3 nitrogen and oxygen atoms in total. The topological polar surface area (TPSA) is 15.7 Å². The van der Waals surface area contributed by atoms with Crippen molar-refractivity contribution in [1.29, 1.82) is 0 Å². The number of benzene rings is 1. The first-order valence-electron chi connectivity index (χ1n) is 9.18. The van der Waals surface area contributed by atoms with Crippen molar-refractivity contribution < 1.29 is 4.74 Å². The second kappa shape index (κ2) is 6.92. The molecular formula is C20H32N2O. The van der Waals surface area contributed by atoms with Gasteiger partial charge in [0.25, 0.3) is 0 Å². The van der Waals surface area contributed by atoms with Gasteiger partial charge < -0.3 is 4.74 Å². The molecule has 0 N–H and O–H groups in total. The maximum atomic E-state index is 5.98. The van der Waals surface area contributed by atoms with E-state index in [-0.39, 0.29) is 5.60 Å². The van der Waals surface area contributed by atoms with Crippen molar-refractivity contribution in [2.24, 2.45) is 0 Å². The summed E-state index contributed by atoms with van der Waals surface area (Å²) in [5.41, 5.74) is 1.80. The van der Waals surface area contributed by atoms with E-state index in [9.17, 15) is 0 Å². The number of nitrogens with zero attached hydrogens (tertiary/aromatic N) is 2. The first-order valence-corrected chi connectivity index (χ1v) is 9.18. The summed E-state index contributed by atoms with van der Waals surface area (Å²) in [6, 6.07) is 10.9. The highest BCUT2D eigenvalue weighted by Crippen LogP contribution is 2.39. The van der Waals surface area contributed by atoms with Crippen LogP contribution in [-0.4, -0.2) is 53.7 Å². The predicted octanol–water partition coefficient (Wildman–Crippen LogP) is 3.54. The number of rotatable bonds is 4. The third-order valence-electron chi connectivity index (χ3n) is 5.77. The monoisotopic (exact) mass is 316 g/mol. The zero-order valence-electron chi connectivity index (χ0n) is 15.1. The Hall–Kier alpha value is -0.900. The van der Waals surface area contributed by atoms with Crippen molar-refractivity contribution >= 4 is 0 Å². The molecule has 0 spiro atoms. The van der Waals surface area contributed by atoms with E-state index in [4.69, 9.17) is 4.74 Å². The molecule has 0 radical (unpaired) electrons. The van der Waals surface area contributed by atoms with Crippen molar-refractivity contribution in [1.82, 2.24) is 9.80 Å². The van der Waals surface area contributed by atoms with Gasteiger partial charge in [-0.15, -0.1) is 0 Å². The fraction of sp³-hybridized carbons (Fsp3) is 0.700. The third kappa shape index (κ3) is 3.96. The Bertz CT molecular complexity index is 494. The minimum Gasteiger partial charge on any atom is -0.375 e. The van der Waals surface area contributed by atoms with E-state index in [0.717, 1.165) is 19.6 Å². The lowest BCUT2D eigenvalue weighted by atomic mass is 9.77. The molecule has 3 rings (SSSR count). The Labute approximate surface area is 141 Å². The van der Waals surface area contributed by atoms with Crippen LogP contribution in [0.2, 0.25) is 0 Å². The summed E-state index contributed by atoms with van der Waals surface area (Å²) >= 11 is 0. The van der Waals surface area contributed by atoms with Crippen LogP contribution >= 0.6 is 0 Å². The smallest absolute Gasteiger partial charge is 0.0644 e. The number of hydrogen-bond acceptors (Lipinski definition) is 3. The fourth-order valence-electron chi connectivity index (χ4n) is 4.47. The van der Waals surface area contributed by atoms with Gasteiger partial charge in [-0.3, -0.25) is 9.80 Å². The first-order chi connectivity index (χ1) is 11.0. The van der Waals surface area contributed by atoms with Gasteiger partial charge in [0.2, 0.25) is 0 Å². The minimum atomic E-state index is 0.0232. The van der Waals surface area contributed by atoms with E-state index in [1.165, 1.54) is 44.6 Å². The molecule has 1 aromatic rings. The summed E-state index contributed by atoms with van der Waals surface area (Å²) in [7, 11) is 0. The zero-order chi connectivity index (χ0) is 16.3. The molecular weight excluding hydrogens is 284 g/mol. The average molecular weight is 316 g/mol. The second-order valence-electron chi connectivity index (χ2n) is 7.86. The average Bonchev–Trinajstić information content (AvgIpc) is 2.55. The van der Waals surface area contributed by atoms with Gasteiger partial charge in [-0.05, 0) is 38.7 Å². The lowest BCUT2D eigenvalue weighted by molar-refractivity contribution is -0.128. The van der Waals surface area contributed by atoms with Crippen molar-refractivity contribution in [2.45, 2.75) is 57.7 Å². The molecule has 0 aromatic heterocycles. The Morgan fingerprint density at radius 1 is 1.04 bits per heavy atom. The number of hydrogen-bond donors (Lipinski definition) is 0. The molecule has 0 aliphatic carbocycles. The minimum absolute atomic E-state index is 0.0232. The van der Waals surface area contributed by atoms with Gasteiger partial charge in [-0.25, -0.2) is 0 Å². The molecule has 0 amide bonds. The van der Waals surface area contributed by atoms with Crippen LogP contribution in [-0.2, 0) is 11.3 Å². The molecule has 2 fully saturated rings. The molecule has 1 aromatic carbocycles. The highest BCUT2D eigenvalue weighted by atomic mass is 16.5. The van der Waals surface area contributed by atoms with Gasteiger partial charge in [0.05, 0.1) is 5.60 Å². The van der Waals surface area contributed by atoms with Gasteiger partial charge in [-0.1, -0.05) is 37.3 Å². The van der Waals surface area contributed by atoms with E-state index in [1.807, 2.05) is 0 Å². The summed E-state index contributed by atoms with van der Waals surface area (Å²) in [5.74, 6) is 0. The van der Waals surface area contributed by atoms with Gasteiger partial charge >= 0.3 is 0 Å². The largest absolute Gasteiger partial charge is 0.375 e. The first kappa shape index (κ1) is 16.9. The van der Waals surface area contributed by atoms with E-state index in [2.05, 4.69) is 60.9 Å². The van der Waals surface area contributed by atoms with Gasteiger partial charge in [0, 0.05) is 44.9 Å². The summed E-state index contributed by atoms with van der Waals surface area (Å²) in [6.07, 6.45) is 3.58. The van der Waals surface area contributed by atoms with Crippen molar-refractivity contribution in [3.8, 4) is 0 Å². The molecule has 2 saturated heterocycles. The summed E-state index contributed by atoms with van der Waals surface area (Å²) < 4.78 is 5.98. The lowest BCUT2D eigenvalue weighted by Crippen LogP contribution is -2.61. The molecule has 0 bridgehead atoms. The molecule has 0 saturated carbocycles. The Morgan fingerprint density at radius 3 is 2.35 bits per heavy atom. The quantitative estimate of drug-likeness (QED) is 0.845. The molecule has 2 aliphatic heterocycles. The normalized spacial score (nSPS) is 29.5. The molecule has 1 unspecified atom stereocenters. The maximum absolute atomic E-state index is 5.98. The highest BCUT2D eigenvalue weighted by molar-refractivity contribution is 5.14. The zero-order valence-corrected chi connectivity index (χ0v) is 15.1. The molecule has 3 heteroatoms. The predicted molar refractivity (Wildman–Crippen MR) is 95.6 cm³/mol. The van der Waals surface area contributed by atoms with Crippen molar-refractivity contribution in [3.05, 3.63) is 35.9 Å². The van der Waals surface area contributed by atoms with E-state index >= 15 is 0 Å². The molecule has 1 atom stereocenters. The van der Waals surface area contributed by atoms with Crippen LogP contribution in [0.5, 0.6) is 0 Å². The third-order valence-corrected chi connectivity index (χ3v) is 5.77. The number of piperazine rings is 1. The molecule has 2 aliphatic rings. The standard InChI is InChI=1S/C20H32N2O/c1-4-20(10-15-23-19(2,3)17-20)22-13-11-21(12-14-22)16-18-8-6-5-7-9-18/h5-9H,4,10-17H2,1-3H3. The van der Waals surface area contributed by atoms with Crippen molar-refractivity contribution in [3.63, 3.8) is 0 Å². The van der Waals surface area contributed by atoms with E-state index in [1.54, 1.807) is 0 Å². The van der Waals surface area contributed by atoms with Crippen LogP contribution in [0.3, 0.4) is 0 Å². The Kier molecular flexibility index (Phi) is 5.10. The summed E-state index contributed by atoms with van der Waals surface area (Å²) in [5, 5.41) is 0. The van der Waals surface area contributed by atoms with Crippen LogP contribution in [0.25, 0.3) is 0 Å². The highest BCUT2D eigenvalue weighted by Gasteiger charge is 2.44. The van der Waals surface area contributed by atoms with E-state index in [0.29, 0.717) is 5.54 Å². The molecule has 23 heavy (non-hydrogen) atoms. The Morgan fingerprint density at radius 2 is 1.74 bits per heavy atom.